The van der Waals surface area contributed by atoms with Crippen LogP contribution in [0.4, 0.5) is 0 Å². The number of ether oxygens (including phenoxy) is 2. The third-order valence-corrected chi connectivity index (χ3v) is 4.86. The molecular weight excluding hydrogens is 330 g/mol. The summed E-state index contributed by atoms with van der Waals surface area (Å²) in [5, 5.41) is 0. The van der Waals surface area contributed by atoms with Gasteiger partial charge in [0, 0.05) is 12.1 Å². The Morgan fingerprint density at radius 3 is 2.38 bits per heavy atom. The molecule has 0 heterocycles. The first kappa shape index (κ1) is 18.0. The van der Waals surface area contributed by atoms with Gasteiger partial charge in [0.25, 0.3) is 0 Å². The van der Waals surface area contributed by atoms with Gasteiger partial charge in [-0.25, -0.2) is 13.1 Å². The van der Waals surface area contributed by atoms with E-state index < -0.39 is 10.0 Å². The molecule has 0 aliphatic heterocycles. The molecule has 2 aromatic carbocycles. The van der Waals surface area contributed by atoms with Crippen molar-refractivity contribution >= 4 is 15.8 Å². The zero-order valence-electron chi connectivity index (χ0n) is 13.7. The first-order valence-electron chi connectivity index (χ1n) is 7.19. The minimum Gasteiger partial charge on any atom is -0.493 e. The van der Waals surface area contributed by atoms with E-state index in [9.17, 15) is 13.2 Å². The van der Waals surface area contributed by atoms with Crippen LogP contribution in [0.15, 0.2) is 47.4 Å². The van der Waals surface area contributed by atoms with Crippen molar-refractivity contribution in [3.05, 3.63) is 53.6 Å². The number of carbonyl (C=O) groups is 1. The fourth-order valence-electron chi connectivity index (χ4n) is 2.13. The molecule has 1 N–H and O–H groups in total. The quantitative estimate of drug-likeness (QED) is 0.776. The van der Waals surface area contributed by atoms with Crippen molar-refractivity contribution < 1.29 is 22.7 Å². The van der Waals surface area contributed by atoms with Gasteiger partial charge in [-0.2, -0.15) is 0 Å². The Morgan fingerprint density at radius 2 is 1.75 bits per heavy atom. The number of rotatable bonds is 7. The van der Waals surface area contributed by atoms with Gasteiger partial charge in [0.15, 0.2) is 17.3 Å². The number of carbonyl (C=O) groups excluding carboxylic acids is 1. The van der Waals surface area contributed by atoms with Crippen molar-refractivity contribution in [1.29, 1.82) is 0 Å². The Bertz CT molecular complexity index is 846. The maximum absolute atomic E-state index is 12.4. The van der Waals surface area contributed by atoms with Crippen molar-refractivity contribution in [3.8, 4) is 11.5 Å². The number of hydrogen-bond donors (Lipinski definition) is 1. The third-order valence-electron chi connectivity index (χ3n) is 3.47. The minimum atomic E-state index is -3.72. The average Bonchev–Trinajstić information content (AvgIpc) is 2.59. The molecule has 128 valence electrons. The molecule has 0 saturated carbocycles. The van der Waals surface area contributed by atoms with Gasteiger partial charge in [0.05, 0.1) is 19.1 Å². The van der Waals surface area contributed by atoms with E-state index in [-0.39, 0.29) is 17.2 Å². The van der Waals surface area contributed by atoms with Crippen LogP contribution in [-0.4, -0.2) is 28.4 Å². The van der Waals surface area contributed by atoms with Crippen LogP contribution in [0.2, 0.25) is 0 Å². The first-order chi connectivity index (χ1) is 11.4. The number of nitrogens with one attached hydrogen (secondary N) is 1. The van der Waals surface area contributed by atoms with Gasteiger partial charge < -0.3 is 9.47 Å². The largest absolute Gasteiger partial charge is 0.493 e. The lowest BCUT2D eigenvalue weighted by Crippen LogP contribution is -2.23. The molecule has 0 radical (unpaired) electrons. The molecule has 2 rings (SSSR count). The van der Waals surface area contributed by atoms with E-state index >= 15 is 0 Å². The summed E-state index contributed by atoms with van der Waals surface area (Å²) in [6.45, 7) is 1.48. The molecule has 0 aliphatic rings. The van der Waals surface area contributed by atoms with Crippen molar-refractivity contribution in [3.63, 3.8) is 0 Å². The van der Waals surface area contributed by atoms with E-state index in [1.54, 1.807) is 30.3 Å². The number of benzene rings is 2. The van der Waals surface area contributed by atoms with Crippen molar-refractivity contribution in [2.45, 2.75) is 18.4 Å². The van der Waals surface area contributed by atoms with Crippen LogP contribution in [0.25, 0.3) is 0 Å². The average molecular weight is 349 g/mol. The molecule has 0 fully saturated rings. The molecule has 0 aliphatic carbocycles. The standard InChI is InChI=1S/C17H19NO5S/c1-12(19)14-5-4-6-15(10-14)24(20,21)18-11-13-7-8-16(22-2)17(9-13)23-3/h4-10,18H,11H2,1-3H3. The van der Waals surface area contributed by atoms with E-state index in [1.807, 2.05) is 0 Å². The van der Waals surface area contributed by atoms with Gasteiger partial charge in [-0.15, -0.1) is 0 Å². The molecule has 0 aromatic heterocycles. The highest BCUT2D eigenvalue weighted by Gasteiger charge is 2.15. The SMILES string of the molecule is COc1ccc(CNS(=O)(=O)c2cccc(C(C)=O)c2)cc1OC. The summed E-state index contributed by atoms with van der Waals surface area (Å²) in [6, 6.07) is 11.1. The molecule has 2 aromatic rings. The summed E-state index contributed by atoms with van der Waals surface area (Å²) in [4.78, 5) is 11.4. The molecular formula is C17H19NO5S. The predicted molar refractivity (Wildman–Crippen MR) is 90.0 cm³/mol. The van der Waals surface area contributed by atoms with E-state index in [0.717, 1.165) is 5.56 Å². The van der Waals surface area contributed by atoms with E-state index in [0.29, 0.717) is 17.1 Å². The van der Waals surface area contributed by atoms with Crippen molar-refractivity contribution in [1.82, 2.24) is 4.72 Å². The third kappa shape index (κ3) is 4.12. The molecule has 0 unspecified atom stereocenters. The van der Waals surface area contributed by atoms with Crippen LogP contribution in [0.5, 0.6) is 11.5 Å². The van der Waals surface area contributed by atoms with Crippen LogP contribution < -0.4 is 14.2 Å². The summed E-state index contributed by atoms with van der Waals surface area (Å²) in [7, 11) is -0.681. The van der Waals surface area contributed by atoms with Gasteiger partial charge in [-0.1, -0.05) is 18.2 Å². The zero-order chi connectivity index (χ0) is 17.7. The number of methoxy groups -OCH3 is 2. The second-order valence-electron chi connectivity index (χ2n) is 5.10. The Labute approximate surface area is 141 Å². The highest BCUT2D eigenvalue weighted by molar-refractivity contribution is 7.89. The lowest BCUT2D eigenvalue weighted by molar-refractivity contribution is 0.101. The second-order valence-corrected chi connectivity index (χ2v) is 6.86. The summed E-state index contributed by atoms with van der Waals surface area (Å²) < 4.78 is 37.6. The summed E-state index contributed by atoms with van der Waals surface area (Å²) in [6.07, 6.45) is 0. The van der Waals surface area contributed by atoms with Crippen LogP contribution in [0, 0.1) is 0 Å². The smallest absolute Gasteiger partial charge is 0.240 e. The Hall–Kier alpha value is -2.38. The predicted octanol–water partition coefficient (Wildman–Crippen LogP) is 2.38. The van der Waals surface area contributed by atoms with Gasteiger partial charge in [-0.3, -0.25) is 4.79 Å². The van der Waals surface area contributed by atoms with Gasteiger partial charge in [0.1, 0.15) is 0 Å². The van der Waals surface area contributed by atoms with E-state index in [2.05, 4.69) is 4.72 Å². The highest BCUT2D eigenvalue weighted by Crippen LogP contribution is 2.27. The molecule has 0 amide bonds. The fraction of sp³-hybridized carbons (Fsp3) is 0.235. The van der Waals surface area contributed by atoms with Gasteiger partial charge >= 0.3 is 0 Å². The monoisotopic (exact) mass is 349 g/mol. The fourth-order valence-corrected chi connectivity index (χ4v) is 3.20. The van der Waals surface area contributed by atoms with Crippen LogP contribution >= 0.6 is 0 Å². The Morgan fingerprint density at radius 1 is 1.04 bits per heavy atom. The van der Waals surface area contributed by atoms with E-state index in [4.69, 9.17) is 9.47 Å². The summed E-state index contributed by atoms with van der Waals surface area (Å²) in [5.74, 6) is 0.901. The topological polar surface area (TPSA) is 81.7 Å². The summed E-state index contributed by atoms with van der Waals surface area (Å²) in [5.41, 5.74) is 1.07. The molecule has 0 atom stereocenters. The minimum absolute atomic E-state index is 0.0516. The number of Topliss-reactive ketones (excluding diaryl/α,β-unsaturated/α-hetero) is 1. The van der Waals surface area contributed by atoms with Crippen molar-refractivity contribution in [2.75, 3.05) is 14.2 Å². The lowest BCUT2D eigenvalue weighted by atomic mass is 10.2. The lowest BCUT2D eigenvalue weighted by Gasteiger charge is -2.11. The molecule has 0 bridgehead atoms. The molecule has 6 nitrogen and oxygen atoms in total. The number of ketones is 1. The zero-order valence-corrected chi connectivity index (χ0v) is 14.5. The molecule has 7 heteroatoms. The highest BCUT2D eigenvalue weighted by atomic mass is 32.2. The first-order valence-corrected chi connectivity index (χ1v) is 8.67. The number of hydrogen-bond acceptors (Lipinski definition) is 5. The normalized spacial score (nSPS) is 11.1. The van der Waals surface area contributed by atoms with E-state index in [1.165, 1.54) is 33.3 Å². The van der Waals surface area contributed by atoms with Crippen LogP contribution in [0.3, 0.4) is 0 Å². The van der Waals surface area contributed by atoms with Gasteiger partial charge in [0.2, 0.25) is 10.0 Å². The van der Waals surface area contributed by atoms with Crippen LogP contribution in [-0.2, 0) is 16.6 Å². The maximum Gasteiger partial charge on any atom is 0.240 e. The maximum atomic E-state index is 12.4. The number of sulfonamides is 1. The summed E-state index contributed by atoms with van der Waals surface area (Å²) >= 11 is 0. The second kappa shape index (κ2) is 7.46. The molecule has 0 saturated heterocycles. The van der Waals surface area contributed by atoms with Crippen molar-refractivity contribution in [2.24, 2.45) is 0 Å². The van der Waals surface area contributed by atoms with Crippen LogP contribution in [0.1, 0.15) is 22.8 Å². The molecule has 24 heavy (non-hydrogen) atoms. The Balaban J connectivity index is 2.18. The Kier molecular flexibility index (Phi) is 5.58. The van der Waals surface area contributed by atoms with Gasteiger partial charge in [-0.05, 0) is 36.8 Å². The molecule has 0 spiro atoms.